The highest BCUT2D eigenvalue weighted by Gasteiger charge is 1.97. The zero-order valence-corrected chi connectivity index (χ0v) is 8.18. The standard InChI is InChI=1S/C11H12O4/c12-8-10-5-3-9(4-6-10)2-1-7-15-11(13)14/h3-6,8H,1-2,7H2,(H,13,14). The van der Waals surface area contributed by atoms with Crippen molar-refractivity contribution < 1.29 is 19.4 Å². The van der Waals surface area contributed by atoms with Crippen molar-refractivity contribution >= 4 is 12.4 Å². The summed E-state index contributed by atoms with van der Waals surface area (Å²) in [6, 6.07) is 7.18. The predicted octanol–water partition coefficient (Wildman–Crippen LogP) is 2.13. The number of ether oxygens (including phenoxy) is 1. The summed E-state index contributed by atoms with van der Waals surface area (Å²) in [6.45, 7) is 0.199. The first-order valence-electron chi connectivity index (χ1n) is 4.62. The van der Waals surface area contributed by atoms with Crippen LogP contribution in [0.2, 0.25) is 0 Å². The van der Waals surface area contributed by atoms with E-state index in [1.165, 1.54) is 0 Å². The SMILES string of the molecule is O=Cc1ccc(CCCOC(=O)O)cc1. The van der Waals surface area contributed by atoms with E-state index in [9.17, 15) is 9.59 Å². The summed E-state index contributed by atoms with van der Waals surface area (Å²) < 4.78 is 4.37. The highest BCUT2D eigenvalue weighted by atomic mass is 16.7. The third-order valence-corrected chi connectivity index (χ3v) is 1.95. The highest BCUT2D eigenvalue weighted by Crippen LogP contribution is 2.05. The maximum Gasteiger partial charge on any atom is 0.505 e. The lowest BCUT2D eigenvalue weighted by Gasteiger charge is -2.01. The summed E-state index contributed by atoms with van der Waals surface area (Å²) in [5, 5.41) is 8.22. The molecule has 0 aromatic heterocycles. The lowest BCUT2D eigenvalue weighted by atomic mass is 10.1. The minimum atomic E-state index is -1.24. The van der Waals surface area contributed by atoms with Crippen LogP contribution in [0.1, 0.15) is 22.3 Å². The third-order valence-electron chi connectivity index (χ3n) is 1.95. The number of hydrogen-bond acceptors (Lipinski definition) is 3. The van der Waals surface area contributed by atoms with Gasteiger partial charge in [-0.2, -0.15) is 0 Å². The molecule has 0 saturated carbocycles. The molecule has 0 aliphatic heterocycles. The molecule has 1 aromatic carbocycles. The second-order valence-electron chi connectivity index (χ2n) is 3.08. The van der Waals surface area contributed by atoms with Crippen molar-refractivity contribution in [2.75, 3.05) is 6.61 Å². The van der Waals surface area contributed by atoms with Crippen LogP contribution in [0.25, 0.3) is 0 Å². The molecule has 0 radical (unpaired) electrons. The van der Waals surface area contributed by atoms with E-state index in [-0.39, 0.29) is 6.61 Å². The van der Waals surface area contributed by atoms with Gasteiger partial charge in [0.2, 0.25) is 0 Å². The Labute approximate surface area is 87.5 Å². The van der Waals surface area contributed by atoms with Gasteiger partial charge >= 0.3 is 6.16 Å². The molecule has 0 amide bonds. The summed E-state index contributed by atoms with van der Waals surface area (Å²) in [6.07, 6.45) is 0.933. The molecule has 1 rings (SSSR count). The van der Waals surface area contributed by atoms with Gasteiger partial charge in [0.25, 0.3) is 0 Å². The molecule has 0 unspecified atom stereocenters. The molecule has 1 N–H and O–H groups in total. The monoisotopic (exact) mass is 208 g/mol. The number of carbonyl (C=O) groups excluding carboxylic acids is 1. The molecule has 0 bridgehead atoms. The Morgan fingerprint density at radius 1 is 1.33 bits per heavy atom. The molecule has 0 atom stereocenters. The zero-order chi connectivity index (χ0) is 11.1. The Hall–Kier alpha value is -1.84. The Bertz CT molecular complexity index is 329. The summed E-state index contributed by atoms with van der Waals surface area (Å²) in [4.78, 5) is 20.4. The number of carboxylic acid groups (broad SMARTS) is 1. The summed E-state index contributed by atoms with van der Waals surface area (Å²) >= 11 is 0. The van der Waals surface area contributed by atoms with Crippen molar-refractivity contribution in [3.63, 3.8) is 0 Å². The molecule has 0 spiro atoms. The van der Waals surface area contributed by atoms with E-state index < -0.39 is 6.16 Å². The van der Waals surface area contributed by atoms with E-state index in [2.05, 4.69) is 4.74 Å². The summed E-state index contributed by atoms with van der Waals surface area (Å²) in [7, 11) is 0. The van der Waals surface area contributed by atoms with Gasteiger partial charge in [-0.25, -0.2) is 4.79 Å². The third kappa shape index (κ3) is 4.26. The van der Waals surface area contributed by atoms with E-state index in [0.717, 1.165) is 18.3 Å². The fraction of sp³-hybridized carbons (Fsp3) is 0.273. The average Bonchev–Trinajstić information content (AvgIpc) is 2.25. The van der Waals surface area contributed by atoms with Crippen LogP contribution in [-0.2, 0) is 11.2 Å². The second-order valence-corrected chi connectivity index (χ2v) is 3.08. The minimum absolute atomic E-state index is 0.199. The van der Waals surface area contributed by atoms with Crippen molar-refractivity contribution in [3.8, 4) is 0 Å². The van der Waals surface area contributed by atoms with E-state index in [0.29, 0.717) is 12.0 Å². The fourth-order valence-corrected chi connectivity index (χ4v) is 1.20. The molecule has 80 valence electrons. The van der Waals surface area contributed by atoms with Crippen LogP contribution in [0.4, 0.5) is 4.79 Å². The van der Waals surface area contributed by atoms with Crippen LogP contribution in [0.5, 0.6) is 0 Å². The van der Waals surface area contributed by atoms with Gasteiger partial charge in [0, 0.05) is 5.56 Å². The van der Waals surface area contributed by atoms with E-state index >= 15 is 0 Å². The Morgan fingerprint density at radius 3 is 2.53 bits per heavy atom. The normalized spacial score (nSPS) is 9.60. The number of aldehydes is 1. The Balaban J connectivity index is 2.31. The summed E-state index contributed by atoms with van der Waals surface area (Å²) in [5.41, 5.74) is 1.70. The van der Waals surface area contributed by atoms with Crippen molar-refractivity contribution in [1.82, 2.24) is 0 Å². The van der Waals surface area contributed by atoms with Gasteiger partial charge < -0.3 is 9.84 Å². The molecular weight excluding hydrogens is 196 g/mol. The van der Waals surface area contributed by atoms with E-state index in [1.54, 1.807) is 12.1 Å². The van der Waals surface area contributed by atoms with Crippen molar-refractivity contribution in [3.05, 3.63) is 35.4 Å². The molecule has 0 saturated heterocycles. The van der Waals surface area contributed by atoms with Gasteiger partial charge in [0.1, 0.15) is 6.29 Å². The van der Waals surface area contributed by atoms with Crippen LogP contribution in [0.3, 0.4) is 0 Å². The highest BCUT2D eigenvalue weighted by molar-refractivity contribution is 5.74. The first kappa shape index (κ1) is 11.2. The predicted molar refractivity (Wildman–Crippen MR) is 54.1 cm³/mol. The molecule has 0 aliphatic rings. The fourth-order valence-electron chi connectivity index (χ4n) is 1.20. The van der Waals surface area contributed by atoms with Crippen LogP contribution in [0, 0.1) is 0 Å². The van der Waals surface area contributed by atoms with Crippen LogP contribution in [-0.4, -0.2) is 24.2 Å². The van der Waals surface area contributed by atoms with Crippen molar-refractivity contribution in [2.45, 2.75) is 12.8 Å². The first-order valence-corrected chi connectivity index (χ1v) is 4.62. The molecule has 4 heteroatoms. The maximum atomic E-state index is 10.4. The van der Waals surface area contributed by atoms with Gasteiger partial charge in [-0.05, 0) is 18.4 Å². The molecular formula is C11H12O4. The number of aryl methyl sites for hydroxylation is 1. The molecule has 0 fully saturated rings. The van der Waals surface area contributed by atoms with E-state index in [1.807, 2.05) is 12.1 Å². The molecule has 0 heterocycles. The van der Waals surface area contributed by atoms with Gasteiger partial charge in [-0.3, -0.25) is 4.79 Å². The van der Waals surface area contributed by atoms with Crippen LogP contribution < -0.4 is 0 Å². The zero-order valence-electron chi connectivity index (χ0n) is 8.18. The minimum Gasteiger partial charge on any atom is -0.450 e. The van der Waals surface area contributed by atoms with Crippen molar-refractivity contribution in [1.29, 1.82) is 0 Å². The quantitative estimate of drug-likeness (QED) is 0.457. The lowest BCUT2D eigenvalue weighted by Crippen LogP contribution is -2.02. The molecule has 4 nitrogen and oxygen atoms in total. The smallest absolute Gasteiger partial charge is 0.450 e. The number of benzene rings is 1. The van der Waals surface area contributed by atoms with E-state index in [4.69, 9.17) is 5.11 Å². The summed E-state index contributed by atoms with van der Waals surface area (Å²) in [5.74, 6) is 0. The Kier molecular flexibility index (Phi) is 4.34. The Morgan fingerprint density at radius 2 is 2.00 bits per heavy atom. The van der Waals surface area contributed by atoms with Gasteiger partial charge in [-0.1, -0.05) is 24.3 Å². The number of hydrogen-bond donors (Lipinski definition) is 1. The maximum absolute atomic E-state index is 10.4. The first-order chi connectivity index (χ1) is 7.22. The molecule has 15 heavy (non-hydrogen) atoms. The largest absolute Gasteiger partial charge is 0.505 e. The molecule has 0 aliphatic carbocycles. The van der Waals surface area contributed by atoms with Crippen LogP contribution in [0.15, 0.2) is 24.3 Å². The van der Waals surface area contributed by atoms with Gasteiger partial charge in [0.15, 0.2) is 0 Å². The molecule has 1 aromatic rings. The lowest BCUT2D eigenvalue weighted by molar-refractivity contribution is 0.0906. The number of rotatable bonds is 5. The van der Waals surface area contributed by atoms with Gasteiger partial charge in [0.05, 0.1) is 6.61 Å². The number of carbonyl (C=O) groups is 2. The van der Waals surface area contributed by atoms with Crippen molar-refractivity contribution in [2.24, 2.45) is 0 Å². The van der Waals surface area contributed by atoms with Crippen LogP contribution >= 0.6 is 0 Å². The average molecular weight is 208 g/mol. The topological polar surface area (TPSA) is 63.6 Å². The second kappa shape index (κ2) is 5.80. The van der Waals surface area contributed by atoms with Gasteiger partial charge in [-0.15, -0.1) is 0 Å².